The lowest BCUT2D eigenvalue weighted by atomic mass is 10.6. The fraction of sp³-hybridized carbons (Fsp3) is 0.333. The average Bonchev–Trinajstić information content (AvgIpc) is 2.35. The fourth-order valence-electron chi connectivity index (χ4n) is 0.600. The molecular weight excluding hydrogens is 259 g/mol. The van der Waals surface area contributed by atoms with Gasteiger partial charge in [-0.1, -0.05) is 0 Å². The number of carbonyl (C=O) groups excluding carboxylic acids is 1. The highest BCUT2D eigenvalue weighted by Crippen LogP contribution is 2.17. The third-order valence-corrected chi connectivity index (χ3v) is 1.84. The zero-order valence-corrected chi connectivity index (χ0v) is 8.03. The van der Waals surface area contributed by atoms with E-state index in [0.29, 0.717) is 5.89 Å². The second kappa shape index (κ2) is 3.70. The topological polar surface area (TPSA) is 55.1 Å². The summed E-state index contributed by atoms with van der Waals surface area (Å²) >= 11 is 2.03. The van der Waals surface area contributed by atoms with Crippen LogP contribution in [0.25, 0.3) is 0 Å². The van der Waals surface area contributed by atoms with Crippen LogP contribution in [-0.4, -0.2) is 10.9 Å². The van der Waals surface area contributed by atoms with E-state index in [2.05, 4.69) is 10.3 Å². The lowest BCUT2D eigenvalue weighted by molar-refractivity contribution is -0.119. The first-order chi connectivity index (χ1) is 5.20. The minimum absolute atomic E-state index is 0.0948. The SMILES string of the molecule is CC(=O)N[C@@H](I)c1ncco1. The molecule has 0 aromatic carbocycles. The molecule has 1 rings (SSSR count). The summed E-state index contributed by atoms with van der Waals surface area (Å²) in [6, 6.07) is 0. The lowest BCUT2D eigenvalue weighted by Gasteiger charge is -2.04. The van der Waals surface area contributed by atoms with Crippen LogP contribution in [0, 0.1) is 0 Å². The molecule has 1 atom stereocenters. The molecule has 0 saturated heterocycles. The lowest BCUT2D eigenvalue weighted by Crippen LogP contribution is -2.21. The molecule has 5 heteroatoms. The minimum atomic E-state index is -0.180. The Balaban J connectivity index is 2.56. The van der Waals surface area contributed by atoms with Crippen molar-refractivity contribution in [2.45, 2.75) is 11.0 Å². The molecule has 0 spiro atoms. The molecular formula is C6H7IN2O2. The molecule has 0 fully saturated rings. The Labute approximate surface area is 77.5 Å². The number of amides is 1. The standard InChI is InChI=1S/C6H7IN2O2/c1-4(10)9-5(7)6-8-2-3-11-6/h2-3,5H,1H3,(H,9,10)/t5-/m1/s1. The molecule has 60 valence electrons. The van der Waals surface area contributed by atoms with Crippen LogP contribution in [0.15, 0.2) is 16.9 Å². The van der Waals surface area contributed by atoms with Crippen LogP contribution in [0.2, 0.25) is 0 Å². The molecule has 0 radical (unpaired) electrons. The Morgan fingerprint density at radius 3 is 3.09 bits per heavy atom. The Kier molecular flexibility index (Phi) is 2.86. The van der Waals surface area contributed by atoms with Gasteiger partial charge in [0.2, 0.25) is 11.8 Å². The smallest absolute Gasteiger partial charge is 0.226 e. The maximum Gasteiger partial charge on any atom is 0.226 e. The number of aromatic nitrogens is 1. The van der Waals surface area contributed by atoms with E-state index < -0.39 is 0 Å². The van der Waals surface area contributed by atoms with E-state index in [0.717, 1.165) is 0 Å². The van der Waals surface area contributed by atoms with E-state index >= 15 is 0 Å². The van der Waals surface area contributed by atoms with Crippen LogP contribution in [0.1, 0.15) is 16.9 Å². The average molecular weight is 266 g/mol. The van der Waals surface area contributed by atoms with E-state index in [4.69, 9.17) is 4.42 Å². The first-order valence-corrected chi connectivity index (χ1v) is 4.25. The van der Waals surface area contributed by atoms with Crippen molar-refractivity contribution < 1.29 is 9.21 Å². The number of nitrogens with zero attached hydrogens (tertiary/aromatic N) is 1. The molecule has 0 unspecified atom stereocenters. The third-order valence-electron chi connectivity index (χ3n) is 0.998. The van der Waals surface area contributed by atoms with Gasteiger partial charge in [-0.15, -0.1) is 0 Å². The van der Waals surface area contributed by atoms with Gasteiger partial charge in [-0.2, -0.15) is 0 Å². The van der Waals surface area contributed by atoms with Crippen molar-refractivity contribution in [3.63, 3.8) is 0 Å². The monoisotopic (exact) mass is 266 g/mol. The van der Waals surface area contributed by atoms with Gasteiger partial charge in [-0.05, 0) is 22.6 Å². The maximum atomic E-state index is 10.6. The number of halogens is 1. The number of carbonyl (C=O) groups is 1. The second-order valence-corrected chi connectivity index (χ2v) is 3.18. The van der Waals surface area contributed by atoms with Crippen molar-refractivity contribution in [1.29, 1.82) is 0 Å². The van der Waals surface area contributed by atoms with E-state index in [1.165, 1.54) is 13.2 Å². The summed E-state index contributed by atoms with van der Waals surface area (Å²) in [5, 5.41) is 2.64. The van der Waals surface area contributed by atoms with Gasteiger partial charge in [0.15, 0.2) is 4.05 Å². The molecule has 0 aliphatic heterocycles. The fourth-order valence-corrected chi connectivity index (χ4v) is 1.35. The first kappa shape index (κ1) is 8.51. The van der Waals surface area contributed by atoms with Crippen molar-refractivity contribution in [1.82, 2.24) is 10.3 Å². The van der Waals surface area contributed by atoms with Crippen LogP contribution in [0.4, 0.5) is 0 Å². The van der Waals surface area contributed by atoms with E-state index in [9.17, 15) is 4.79 Å². The van der Waals surface area contributed by atoms with Crippen LogP contribution in [0.5, 0.6) is 0 Å². The number of oxazole rings is 1. The summed E-state index contributed by atoms with van der Waals surface area (Å²) in [4.78, 5) is 14.4. The van der Waals surface area contributed by atoms with Gasteiger partial charge < -0.3 is 9.73 Å². The van der Waals surface area contributed by atoms with Gasteiger partial charge in [0, 0.05) is 6.92 Å². The van der Waals surface area contributed by atoms with Crippen molar-refractivity contribution in [3.8, 4) is 0 Å². The Bertz CT molecular complexity index is 235. The number of rotatable bonds is 2. The molecule has 1 aromatic rings. The molecule has 0 bridgehead atoms. The third kappa shape index (κ3) is 2.49. The number of alkyl halides is 1. The summed E-state index contributed by atoms with van der Waals surface area (Å²) in [5.41, 5.74) is 0. The van der Waals surface area contributed by atoms with Gasteiger partial charge in [0.1, 0.15) is 6.26 Å². The highest BCUT2D eigenvalue weighted by molar-refractivity contribution is 14.1. The zero-order chi connectivity index (χ0) is 8.27. The van der Waals surface area contributed by atoms with Crippen LogP contribution < -0.4 is 5.32 Å². The van der Waals surface area contributed by atoms with Crippen molar-refractivity contribution >= 4 is 28.5 Å². The predicted octanol–water partition coefficient (Wildman–Crippen LogP) is 1.24. The van der Waals surface area contributed by atoms with Crippen LogP contribution >= 0.6 is 22.6 Å². The summed E-state index contributed by atoms with van der Waals surface area (Å²) in [7, 11) is 0. The molecule has 0 aliphatic carbocycles. The second-order valence-electron chi connectivity index (χ2n) is 1.93. The quantitative estimate of drug-likeness (QED) is 0.498. The molecule has 1 aromatic heterocycles. The van der Waals surface area contributed by atoms with Gasteiger partial charge in [-0.25, -0.2) is 4.98 Å². The van der Waals surface area contributed by atoms with E-state index in [-0.39, 0.29) is 9.96 Å². The van der Waals surface area contributed by atoms with Gasteiger partial charge in [0.25, 0.3) is 0 Å². The number of nitrogens with one attached hydrogen (secondary N) is 1. The molecule has 0 aliphatic rings. The highest BCUT2D eigenvalue weighted by Gasteiger charge is 2.11. The van der Waals surface area contributed by atoms with Gasteiger partial charge >= 0.3 is 0 Å². The van der Waals surface area contributed by atoms with E-state index in [1.54, 1.807) is 6.20 Å². The summed E-state index contributed by atoms with van der Waals surface area (Å²) in [5.74, 6) is 0.420. The van der Waals surface area contributed by atoms with Crippen LogP contribution in [-0.2, 0) is 4.79 Å². The Hall–Kier alpha value is -0.590. The molecule has 4 nitrogen and oxygen atoms in total. The maximum absolute atomic E-state index is 10.6. The normalized spacial score (nSPS) is 12.5. The van der Waals surface area contributed by atoms with E-state index in [1.807, 2.05) is 22.6 Å². The molecule has 0 saturated carbocycles. The summed E-state index contributed by atoms with van der Waals surface area (Å²) in [6.07, 6.45) is 3.02. The summed E-state index contributed by atoms with van der Waals surface area (Å²) in [6.45, 7) is 1.45. The molecule has 1 heterocycles. The van der Waals surface area contributed by atoms with Crippen LogP contribution in [0.3, 0.4) is 0 Å². The molecule has 1 amide bonds. The first-order valence-electron chi connectivity index (χ1n) is 3.00. The van der Waals surface area contributed by atoms with Gasteiger partial charge in [-0.3, -0.25) is 4.79 Å². The zero-order valence-electron chi connectivity index (χ0n) is 5.87. The predicted molar refractivity (Wildman–Crippen MR) is 47.1 cm³/mol. The highest BCUT2D eigenvalue weighted by atomic mass is 127. The number of hydrogen-bond acceptors (Lipinski definition) is 3. The molecule has 11 heavy (non-hydrogen) atoms. The number of hydrogen-bond donors (Lipinski definition) is 1. The van der Waals surface area contributed by atoms with Crippen molar-refractivity contribution in [2.24, 2.45) is 0 Å². The molecule has 1 N–H and O–H groups in total. The van der Waals surface area contributed by atoms with Crippen molar-refractivity contribution in [3.05, 3.63) is 18.4 Å². The Morgan fingerprint density at radius 1 is 1.91 bits per heavy atom. The largest absolute Gasteiger partial charge is 0.446 e. The van der Waals surface area contributed by atoms with Gasteiger partial charge in [0.05, 0.1) is 6.20 Å². The minimum Gasteiger partial charge on any atom is -0.446 e. The summed E-state index contributed by atoms with van der Waals surface area (Å²) < 4.78 is 4.78. The van der Waals surface area contributed by atoms with Crippen molar-refractivity contribution in [2.75, 3.05) is 0 Å². The Morgan fingerprint density at radius 2 is 2.64 bits per heavy atom.